The molecule has 0 spiro atoms. The lowest BCUT2D eigenvalue weighted by molar-refractivity contribution is 0.182. The standard InChI is InChI=1S/C12H18N4S/c1-16-7-3-2-4-9(16)10-8-5-6-13-11(8)15-12(17)14-10/h9H,2-7H2,1H3,(H2,13,14,15,17). The van der Waals surface area contributed by atoms with Gasteiger partial charge in [0.15, 0.2) is 4.77 Å². The molecule has 2 aliphatic heterocycles. The van der Waals surface area contributed by atoms with Crippen LogP contribution < -0.4 is 5.32 Å². The van der Waals surface area contributed by atoms with Gasteiger partial charge in [0.25, 0.3) is 0 Å². The van der Waals surface area contributed by atoms with Gasteiger partial charge in [0, 0.05) is 23.8 Å². The average molecular weight is 250 g/mol. The van der Waals surface area contributed by atoms with Crippen molar-refractivity contribution in [2.45, 2.75) is 31.7 Å². The molecule has 1 saturated heterocycles. The number of hydrogen-bond donors (Lipinski definition) is 2. The maximum Gasteiger partial charge on any atom is 0.199 e. The number of likely N-dealkylation sites (tertiary alicyclic amines) is 1. The Hall–Kier alpha value is -0.940. The minimum Gasteiger partial charge on any atom is -0.369 e. The number of piperidine rings is 1. The van der Waals surface area contributed by atoms with Crippen LogP contribution in [0.5, 0.6) is 0 Å². The topological polar surface area (TPSA) is 44.0 Å². The molecule has 2 N–H and O–H groups in total. The Labute approximate surface area is 106 Å². The second-order valence-electron chi connectivity index (χ2n) is 4.95. The summed E-state index contributed by atoms with van der Waals surface area (Å²) in [7, 11) is 2.20. The molecule has 0 aromatic carbocycles. The molecule has 1 atom stereocenters. The molecule has 17 heavy (non-hydrogen) atoms. The SMILES string of the molecule is CN1CCCCC1c1[nH]c(=S)nc2c1CCN2. The van der Waals surface area contributed by atoms with Crippen molar-refractivity contribution in [3.63, 3.8) is 0 Å². The number of aromatic amines is 1. The Balaban J connectivity index is 2.04. The fourth-order valence-corrected chi connectivity index (χ4v) is 3.15. The van der Waals surface area contributed by atoms with Gasteiger partial charge in [-0.1, -0.05) is 6.42 Å². The van der Waals surface area contributed by atoms with Gasteiger partial charge in [-0.15, -0.1) is 0 Å². The van der Waals surface area contributed by atoms with Crippen LogP contribution in [0.25, 0.3) is 0 Å². The van der Waals surface area contributed by atoms with E-state index >= 15 is 0 Å². The molecule has 3 rings (SSSR count). The van der Waals surface area contributed by atoms with Crippen LogP contribution in [0.2, 0.25) is 0 Å². The lowest BCUT2D eigenvalue weighted by Crippen LogP contribution is -2.31. The van der Waals surface area contributed by atoms with Crippen molar-refractivity contribution in [3.8, 4) is 0 Å². The van der Waals surface area contributed by atoms with Crippen LogP contribution in [0.3, 0.4) is 0 Å². The van der Waals surface area contributed by atoms with E-state index in [4.69, 9.17) is 12.2 Å². The predicted octanol–water partition coefficient (Wildman–Crippen LogP) is 2.26. The monoisotopic (exact) mass is 250 g/mol. The minimum absolute atomic E-state index is 0.488. The summed E-state index contributed by atoms with van der Waals surface area (Å²) in [6.45, 7) is 2.16. The first-order valence-electron chi connectivity index (χ1n) is 6.33. The fraction of sp³-hybridized carbons (Fsp3) is 0.667. The number of anilines is 1. The van der Waals surface area contributed by atoms with Crippen LogP contribution in [0.15, 0.2) is 0 Å². The van der Waals surface area contributed by atoms with Crippen molar-refractivity contribution in [1.82, 2.24) is 14.9 Å². The Morgan fingerprint density at radius 3 is 3.12 bits per heavy atom. The van der Waals surface area contributed by atoms with E-state index < -0.39 is 0 Å². The van der Waals surface area contributed by atoms with Gasteiger partial charge in [0.1, 0.15) is 5.82 Å². The molecular formula is C12H18N4S. The van der Waals surface area contributed by atoms with E-state index in [9.17, 15) is 0 Å². The molecule has 3 heterocycles. The molecule has 4 nitrogen and oxygen atoms in total. The van der Waals surface area contributed by atoms with Gasteiger partial charge in [-0.25, -0.2) is 4.98 Å². The lowest BCUT2D eigenvalue weighted by Gasteiger charge is -2.33. The lowest BCUT2D eigenvalue weighted by atomic mass is 9.96. The molecule has 0 aliphatic carbocycles. The first-order chi connectivity index (χ1) is 8.25. The van der Waals surface area contributed by atoms with Crippen LogP contribution in [-0.4, -0.2) is 35.0 Å². The molecule has 1 aromatic rings. The minimum atomic E-state index is 0.488. The van der Waals surface area contributed by atoms with Gasteiger partial charge in [-0.3, -0.25) is 4.90 Å². The normalized spacial score (nSPS) is 24.4. The number of fused-ring (bicyclic) bond motifs is 1. The first kappa shape index (κ1) is 11.2. The van der Waals surface area contributed by atoms with Gasteiger partial charge in [-0.05, 0) is 45.1 Å². The molecule has 1 unspecified atom stereocenters. The second-order valence-corrected chi connectivity index (χ2v) is 5.34. The molecular weight excluding hydrogens is 232 g/mol. The summed E-state index contributed by atoms with van der Waals surface area (Å²) in [5.74, 6) is 1.00. The summed E-state index contributed by atoms with van der Waals surface area (Å²) in [4.78, 5) is 10.1. The van der Waals surface area contributed by atoms with E-state index in [0.29, 0.717) is 10.8 Å². The highest BCUT2D eigenvalue weighted by atomic mass is 32.1. The van der Waals surface area contributed by atoms with E-state index in [0.717, 1.165) is 18.8 Å². The van der Waals surface area contributed by atoms with Crippen LogP contribution in [0.1, 0.15) is 36.6 Å². The summed E-state index contributed by atoms with van der Waals surface area (Å²) < 4.78 is 0.604. The van der Waals surface area contributed by atoms with Crippen molar-refractivity contribution in [3.05, 3.63) is 16.0 Å². The van der Waals surface area contributed by atoms with Gasteiger partial charge in [0.2, 0.25) is 0 Å². The van der Waals surface area contributed by atoms with E-state index in [2.05, 4.69) is 27.2 Å². The maximum atomic E-state index is 5.22. The van der Waals surface area contributed by atoms with Crippen molar-refractivity contribution in [2.75, 3.05) is 25.5 Å². The zero-order valence-electron chi connectivity index (χ0n) is 10.1. The molecule has 5 heteroatoms. The summed E-state index contributed by atoms with van der Waals surface area (Å²) in [5, 5.41) is 3.32. The number of hydrogen-bond acceptors (Lipinski definition) is 4. The summed E-state index contributed by atoms with van der Waals surface area (Å²) >= 11 is 5.22. The average Bonchev–Trinajstić information content (AvgIpc) is 2.76. The van der Waals surface area contributed by atoms with E-state index in [1.54, 1.807) is 0 Å². The molecule has 92 valence electrons. The van der Waals surface area contributed by atoms with Crippen LogP contribution in [0, 0.1) is 4.77 Å². The zero-order valence-corrected chi connectivity index (χ0v) is 10.9. The Morgan fingerprint density at radius 1 is 1.41 bits per heavy atom. The third-order valence-electron chi connectivity index (χ3n) is 3.84. The van der Waals surface area contributed by atoms with Gasteiger partial charge >= 0.3 is 0 Å². The smallest absolute Gasteiger partial charge is 0.199 e. The Bertz CT molecular complexity index is 482. The molecule has 0 bridgehead atoms. The van der Waals surface area contributed by atoms with Crippen molar-refractivity contribution < 1.29 is 0 Å². The number of nitrogens with one attached hydrogen (secondary N) is 2. The highest BCUT2D eigenvalue weighted by Crippen LogP contribution is 2.34. The zero-order chi connectivity index (χ0) is 11.8. The highest BCUT2D eigenvalue weighted by Gasteiger charge is 2.27. The van der Waals surface area contributed by atoms with Crippen molar-refractivity contribution in [2.24, 2.45) is 0 Å². The maximum absolute atomic E-state index is 5.22. The predicted molar refractivity (Wildman–Crippen MR) is 70.8 cm³/mol. The van der Waals surface area contributed by atoms with E-state index in [-0.39, 0.29) is 0 Å². The molecule has 0 amide bonds. The number of H-pyrrole nitrogens is 1. The van der Waals surface area contributed by atoms with Crippen LogP contribution >= 0.6 is 12.2 Å². The van der Waals surface area contributed by atoms with Crippen LogP contribution in [-0.2, 0) is 6.42 Å². The molecule has 0 saturated carbocycles. The number of rotatable bonds is 1. The quantitative estimate of drug-likeness (QED) is 0.750. The molecule has 0 radical (unpaired) electrons. The van der Waals surface area contributed by atoms with Gasteiger partial charge in [-0.2, -0.15) is 0 Å². The summed E-state index contributed by atoms with van der Waals surface area (Å²) in [6.07, 6.45) is 4.89. The van der Waals surface area contributed by atoms with Gasteiger partial charge < -0.3 is 10.3 Å². The third-order valence-corrected chi connectivity index (χ3v) is 4.03. The Morgan fingerprint density at radius 2 is 2.29 bits per heavy atom. The third kappa shape index (κ3) is 1.98. The first-order valence-corrected chi connectivity index (χ1v) is 6.74. The van der Waals surface area contributed by atoms with Crippen molar-refractivity contribution >= 4 is 18.0 Å². The number of aromatic nitrogens is 2. The molecule has 2 aliphatic rings. The molecule has 1 aromatic heterocycles. The Kier molecular flexibility index (Phi) is 2.88. The second kappa shape index (κ2) is 4.38. The number of nitrogens with zero attached hydrogens (tertiary/aromatic N) is 2. The van der Waals surface area contributed by atoms with E-state index in [1.165, 1.54) is 37.1 Å². The van der Waals surface area contributed by atoms with Crippen molar-refractivity contribution in [1.29, 1.82) is 0 Å². The van der Waals surface area contributed by atoms with Crippen LogP contribution in [0.4, 0.5) is 5.82 Å². The summed E-state index contributed by atoms with van der Waals surface area (Å²) in [5.41, 5.74) is 2.64. The highest BCUT2D eigenvalue weighted by molar-refractivity contribution is 7.71. The fourth-order valence-electron chi connectivity index (χ4n) is 2.94. The van der Waals surface area contributed by atoms with E-state index in [1.807, 2.05) is 0 Å². The largest absolute Gasteiger partial charge is 0.369 e. The van der Waals surface area contributed by atoms with Gasteiger partial charge in [0.05, 0.1) is 0 Å². The molecule has 1 fully saturated rings. The summed E-state index contributed by atoms with van der Waals surface area (Å²) in [6, 6.07) is 0.488.